The normalized spacial score (nSPS) is 22.0. The van der Waals surface area contributed by atoms with Crippen LogP contribution in [0.1, 0.15) is 32.5 Å². The fraction of sp³-hybridized carbons (Fsp3) is 0.333. The Labute approximate surface area is 167 Å². The minimum atomic E-state index is -0.785. The van der Waals surface area contributed by atoms with Crippen LogP contribution in [0.4, 0.5) is 0 Å². The molecule has 0 spiro atoms. The van der Waals surface area contributed by atoms with Crippen LogP contribution in [0.15, 0.2) is 53.6 Å². The van der Waals surface area contributed by atoms with Crippen molar-refractivity contribution in [2.75, 3.05) is 0 Å². The molecule has 6 heteroatoms. The number of para-hydroxylation sites is 2. The van der Waals surface area contributed by atoms with E-state index in [1.54, 1.807) is 6.08 Å². The van der Waals surface area contributed by atoms with Crippen molar-refractivity contribution in [2.45, 2.75) is 31.5 Å². The zero-order valence-corrected chi connectivity index (χ0v) is 16.6. The molecule has 27 heavy (non-hydrogen) atoms. The van der Waals surface area contributed by atoms with Crippen LogP contribution in [-0.2, 0) is 4.79 Å². The summed E-state index contributed by atoms with van der Waals surface area (Å²) in [5, 5.41) is 9.78. The van der Waals surface area contributed by atoms with Crippen LogP contribution < -0.4 is 0 Å². The van der Waals surface area contributed by atoms with Gasteiger partial charge in [-0.25, -0.2) is 4.98 Å². The topological polar surface area (TPSA) is 66.0 Å². The lowest BCUT2D eigenvalue weighted by Gasteiger charge is -2.38. The molecular weight excluding hydrogens is 383 g/mol. The number of carboxylic acid groups (broad SMARTS) is 1. The SMILES string of the molecule is CC1(C)C(=CC(Cl)Cl)C(c2nc3ccccc3[nH]2)=CC=C1C1(C(=O)O)CC1. The number of halogens is 2. The molecule has 1 aromatic carbocycles. The van der Waals surface area contributed by atoms with Crippen LogP contribution in [0.3, 0.4) is 0 Å². The van der Waals surface area contributed by atoms with Gasteiger partial charge in [0.25, 0.3) is 0 Å². The first kappa shape index (κ1) is 18.3. The molecule has 1 fully saturated rings. The number of nitrogens with zero attached hydrogens (tertiary/aromatic N) is 1. The predicted molar refractivity (Wildman–Crippen MR) is 109 cm³/mol. The minimum Gasteiger partial charge on any atom is -0.481 e. The summed E-state index contributed by atoms with van der Waals surface area (Å²) >= 11 is 12.2. The summed E-state index contributed by atoms with van der Waals surface area (Å²) in [5.74, 6) is -0.0463. The van der Waals surface area contributed by atoms with Crippen LogP contribution in [0.5, 0.6) is 0 Å². The Morgan fingerprint density at radius 3 is 2.56 bits per heavy atom. The number of imidazole rings is 1. The maximum Gasteiger partial charge on any atom is 0.313 e. The molecule has 0 amide bonds. The van der Waals surface area contributed by atoms with Gasteiger partial charge in [-0.1, -0.05) is 38.1 Å². The Morgan fingerprint density at radius 2 is 1.96 bits per heavy atom. The number of carbonyl (C=O) groups is 1. The Kier molecular flexibility index (Phi) is 4.24. The molecule has 140 valence electrons. The molecule has 2 aliphatic rings. The second-order valence-electron chi connectivity index (χ2n) is 7.69. The van der Waals surface area contributed by atoms with Crippen LogP contribution in [0.2, 0.25) is 0 Å². The van der Waals surface area contributed by atoms with Crippen molar-refractivity contribution in [3.8, 4) is 0 Å². The van der Waals surface area contributed by atoms with Crippen LogP contribution in [-0.4, -0.2) is 25.9 Å². The van der Waals surface area contributed by atoms with Crippen molar-refractivity contribution in [1.29, 1.82) is 0 Å². The number of rotatable bonds is 4. The quantitative estimate of drug-likeness (QED) is 0.662. The molecule has 2 N–H and O–H groups in total. The van der Waals surface area contributed by atoms with Gasteiger partial charge in [-0.05, 0) is 42.2 Å². The van der Waals surface area contributed by atoms with E-state index in [2.05, 4.69) is 4.98 Å². The summed E-state index contributed by atoms with van der Waals surface area (Å²) in [7, 11) is 0. The fourth-order valence-electron chi connectivity index (χ4n) is 4.14. The highest BCUT2D eigenvalue weighted by Gasteiger charge is 2.58. The van der Waals surface area contributed by atoms with Gasteiger partial charge in [0, 0.05) is 11.0 Å². The molecule has 0 saturated heterocycles. The maximum absolute atomic E-state index is 11.9. The number of hydrogen-bond donors (Lipinski definition) is 2. The van der Waals surface area contributed by atoms with Crippen molar-refractivity contribution in [2.24, 2.45) is 10.8 Å². The summed E-state index contributed by atoms with van der Waals surface area (Å²) in [6.45, 7) is 4.05. The molecule has 4 nitrogen and oxygen atoms in total. The van der Waals surface area contributed by atoms with Gasteiger partial charge < -0.3 is 10.1 Å². The number of nitrogens with one attached hydrogen (secondary N) is 1. The van der Waals surface area contributed by atoms with Gasteiger partial charge in [0.15, 0.2) is 0 Å². The number of H-pyrrole nitrogens is 1. The second-order valence-corrected chi connectivity index (χ2v) is 8.85. The molecule has 0 bridgehead atoms. The minimum absolute atomic E-state index is 0.528. The van der Waals surface area contributed by atoms with E-state index in [0.717, 1.165) is 33.6 Å². The number of carboxylic acids is 1. The third-order valence-corrected chi connectivity index (χ3v) is 5.92. The first-order valence-electron chi connectivity index (χ1n) is 8.88. The first-order valence-corrected chi connectivity index (χ1v) is 9.75. The molecule has 1 saturated carbocycles. The monoisotopic (exact) mass is 402 g/mol. The summed E-state index contributed by atoms with van der Waals surface area (Å²) in [6, 6.07) is 7.82. The molecule has 4 rings (SSSR count). The van der Waals surface area contributed by atoms with Crippen molar-refractivity contribution >= 4 is 45.8 Å². The van der Waals surface area contributed by atoms with Gasteiger partial charge in [0.2, 0.25) is 0 Å². The molecule has 1 aromatic heterocycles. The van der Waals surface area contributed by atoms with E-state index in [9.17, 15) is 9.90 Å². The lowest BCUT2D eigenvalue weighted by atomic mass is 9.65. The highest BCUT2D eigenvalue weighted by molar-refractivity contribution is 6.45. The van der Waals surface area contributed by atoms with E-state index in [4.69, 9.17) is 28.2 Å². The number of aromatic nitrogens is 2. The number of alkyl halides is 2. The largest absolute Gasteiger partial charge is 0.481 e. The molecule has 2 aromatic rings. The predicted octanol–water partition coefficient (Wildman–Crippen LogP) is 5.51. The van der Waals surface area contributed by atoms with Gasteiger partial charge in [0.05, 0.1) is 16.4 Å². The Balaban J connectivity index is 1.90. The van der Waals surface area contributed by atoms with E-state index in [1.807, 2.05) is 50.3 Å². The van der Waals surface area contributed by atoms with Crippen molar-refractivity contribution < 1.29 is 9.90 Å². The number of aliphatic carboxylic acids is 1. The van der Waals surface area contributed by atoms with Crippen LogP contribution >= 0.6 is 23.2 Å². The lowest BCUT2D eigenvalue weighted by molar-refractivity contribution is -0.142. The summed E-state index contributed by atoms with van der Waals surface area (Å²) in [6.07, 6.45) is 6.97. The molecule has 1 heterocycles. The molecule has 0 radical (unpaired) electrons. The highest BCUT2D eigenvalue weighted by atomic mass is 35.5. The summed E-state index contributed by atoms with van der Waals surface area (Å²) in [5.41, 5.74) is 3.17. The molecule has 2 aliphatic carbocycles. The molecular formula is C21H20Cl2N2O2. The summed E-state index contributed by atoms with van der Waals surface area (Å²) in [4.78, 5) is 19.3. The smallest absolute Gasteiger partial charge is 0.313 e. The van der Waals surface area contributed by atoms with Crippen molar-refractivity contribution in [3.05, 3.63) is 59.5 Å². The van der Waals surface area contributed by atoms with E-state index in [-0.39, 0.29) is 0 Å². The number of hydrogen-bond acceptors (Lipinski definition) is 2. The van der Waals surface area contributed by atoms with Gasteiger partial charge >= 0.3 is 5.97 Å². The molecule has 0 aliphatic heterocycles. The maximum atomic E-state index is 11.9. The van der Waals surface area contributed by atoms with E-state index >= 15 is 0 Å². The summed E-state index contributed by atoms with van der Waals surface area (Å²) < 4.78 is 0. The number of benzene rings is 1. The zero-order valence-electron chi connectivity index (χ0n) is 15.1. The van der Waals surface area contributed by atoms with Gasteiger partial charge in [0.1, 0.15) is 10.7 Å². The van der Waals surface area contributed by atoms with E-state index in [0.29, 0.717) is 12.8 Å². The Morgan fingerprint density at radius 1 is 1.26 bits per heavy atom. The van der Waals surface area contributed by atoms with Crippen LogP contribution in [0, 0.1) is 10.8 Å². The van der Waals surface area contributed by atoms with Gasteiger partial charge in [-0.2, -0.15) is 0 Å². The molecule has 0 atom stereocenters. The second kappa shape index (κ2) is 6.25. The lowest BCUT2D eigenvalue weighted by Crippen LogP contribution is -2.32. The highest BCUT2D eigenvalue weighted by Crippen LogP contribution is 2.61. The number of allylic oxidation sites excluding steroid dienone is 5. The first-order chi connectivity index (χ1) is 12.8. The number of fused-ring (bicyclic) bond motifs is 1. The number of aromatic amines is 1. The third kappa shape index (κ3) is 2.91. The standard InChI is InChI=1S/C21H20Cl2N2O2/c1-20(2)13(11-17(22)23)12(7-8-16(20)21(9-10-21)19(26)27)18-24-14-5-3-4-6-15(14)25-18/h3-8,11,17H,9-10H2,1-2H3,(H,24,25)(H,26,27). The van der Waals surface area contributed by atoms with E-state index in [1.165, 1.54) is 0 Å². The van der Waals surface area contributed by atoms with Crippen molar-refractivity contribution in [1.82, 2.24) is 9.97 Å². The average Bonchev–Trinajstić information content (AvgIpc) is 3.28. The average molecular weight is 403 g/mol. The van der Waals surface area contributed by atoms with Crippen molar-refractivity contribution in [3.63, 3.8) is 0 Å². The third-order valence-electron chi connectivity index (χ3n) is 5.67. The van der Waals surface area contributed by atoms with Gasteiger partial charge in [-0.15, -0.1) is 23.2 Å². The Hall–Kier alpha value is -2.04. The molecule has 0 unspecified atom stereocenters. The van der Waals surface area contributed by atoms with Crippen LogP contribution in [0.25, 0.3) is 16.6 Å². The Bertz CT molecular complexity index is 991. The van der Waals surface area contributed by atoms with E-state index < -0.39 is 21.6 Å². The fourth-order valence-corrected chi connectivity index (χ4v) is 4.39. The van der Waals surface area contributed by atoms with Gasteiger partial charge in [-0.3, -0.25) is 4.79 Å². The zero-order chi connectivity index (χ0) is 19.4.